The molecular formula is C15H27N6O2S+. The molecule has 1 aromatic rings. The van der Waals surface area contributed by atoms with Crippen molar-refractivity contribution in [1.82, 2.24) is 25.0 Å². The van der Waals surface area contributed by atoms with Gasteiger partial charge in [-0.3, -0.25) is 9.59 Å². The Morgan fingerprint density at radius 2 is 2.00 bits per heavy atom. The summed E-state index contributed by atoms with van der Waals surface area (Å²) in [6.07, 6.45) is 1.62. The molecule has 24 heavy (non-hydrogen) atoms. The zero-order chi connectivity index (χ0) is 17.7. The van der Waals surface area contributed by atoms with Gasteiger partial charge < -0.3 is 19.7 Å². The largest absolute Gasteiger partial charge is 0.347 e. The van der Waals surface area contributed by atoms with Gasteiger partial charge in [0.05, 0.1) is 31.9 Å². The molecule has 0 aliphatic carbocycles. The van der Waals surface area contributed by atoms with Crippen molar-refractivity contribution in [2.24, 2.45) is 7.05 Å². The Morgan fingerprint density at radius 1 is 1.33 bits per heavy atom. The number of nitrogens with one attached hydrogen (secondary N) is 2. The van der Waals surface area contributed by atoms with Crippen molar-refractivity contribution >= 4 is 23.6 Å². The maximum atomic E-state index is 12.3. The summed E-state index contributed by atoms with van der Waals surface area (Å²) in [5.41, 5.74) is -0.203. The van der Waals surface area contributed by atoms with E-state index in [0.29, 0.717) is 25.4 Å². The highest BCUT2D eigenvalue weighted by atomic mass is 32.2. The second-order valence-electron chi connectivity index (χ2n) is 7.12. The lowest BCUT2D eigenvalue weighted by atomic mass is 10.1. The number of quaternary nitrogens is 1. The molecule has 1 aliphatic rings. The average Bonchev–Trinajstić information content (AvgIpc) is 2.89. The molecule has 2 heterocycles. The first-order chi connectivity index (χ1) is 11.2. The van der Waals surface area contributed by atoms with E-state index in [0.717, 1.165) is 18.2 Å². The normalized spacial score (nSPS) is 16.2. The minimum Gasteiger partial charge on any atom is -0.347 e. The number of piperazine rings is 1. The Balaban J connectivity index is 1.71. The molecule has 0 atom stereocenters. The van der Waals surface area contributed by atoms with Gasteiger partial charge in [0.1, 0.15) is 6.33 Å². The molecule has 0 unspecified atom stereocenters. The first-order valence-electron chi connectivity index (χ1n) is 8.14. The van der Waals surface area contributed by atoms with Crippen molar-refractivity contribution in [3.05, 3.63) is 6.33 Å². The average molecular weight is 355 g/mol. The van der Waals surface area contributed by atoms with Crippen LogP contribution < -0.4 is 10.2 Å². The van der Waals surface area contributed by atoms with Crippen molar-refractivity contribution in [2.45, 2.75) is 31.5 Å². The number of aromatic nitrogens is 3. The minimum absolute atomic E-state index is 0.0649. The highest BCUT2D eigenvalue weighted by molar-refractivity contribution is 7.99. The summed E-state index contributed by atoms with van der Waals surface area (Å²) >= 11 is 1.40. The van der Waals surface area contributed by atoms with E-state index in [9.17, 15) is 9.59 Å². The zero-order valence-electron chi connectivity index (χ0n) is 14.8. The molecule has 2 amide bonds. The lowest BCUT2D eigenvalue weighted by Crippen LogP contribution is -3.16. The number of nitrogens with zero attached hydrogens (tertiary/aromatic N) is 4. The first-order valence-corrected chi connectivity index (χ1v) is 9.12. The monoisotopic (exact) mass is 355 g/mol. The van der Waals surface area contributed by atoms with Gasteiger partial charge in [0, 0.05) is 12.6 Å². The van der Waals surface area contributed by atoms with Crippen LogP contribution in [-0.4, -0.2) is 75.5 Å². The SMILES string of the molecule is Cn1cnnc1SCC(=O)N1CC[NH+](CC(=O)NC(C)(C)C)CC1. The molecule has 1 fully saturated rings. The molecule has 1 saturated heterocycles. The summed E-state index contributed by atoms with van der Waals surface area (Å²) < 4.78 is 1.80. The quantitative estimate of drug-likeness (QED) is 0.632. The molecule has 0 spiro atoms. The van der Waals surface area contributed by atoms with Gasteiger partial charge in [-0.1, -0.05) is 11.8 Å². The van der Waals surface area contributed by atoms with Crippen LogP contribution in [0.3, 0.4) is 0 Å². The highest BCUT2D eigenvalue weighted by Crippen LogP contribution is 2.13. The fourth-order valence-electron chi connectivity index (χ4n) is 2.56. The van der Waals surface area contributed by atoms with Crippen LogP contribution >= 0.6 is 11.8 Å². The van der Waals surface area contributed by atoms with E-state index >= 15 is 0 Å². The van der Waals surface area contributed by atoms with E-state index in [2.05, 4.69) is 15.5 Å². The summed E-state index contributed by atoms with van der Waals surface area (Å²) in [5.74, 6) is 0.545. The lowest BCUT2D eigenvalue weighted by Gasteiger charge is -2.32. The third-order valence-electron chi connectivity index (χ3n) is 3.74. The molecule has 0 bridgehead atoms. The maximum absolute atomic E-state index is 12.3. The summed E-state index contributed by atoms with van der Waals surface area (Å²) in [6, 6.07) is 0. The van der Waals surface area contributed by atoms with Crippen LogP contribution in [0.5, 0.6) is 0 Å². The summed E-state index contributed by atoms with van der Waals surface area (Å²) in [6.45, 7) is 9.39. The number of aryl methyl sites for hydroxylation is 1. The van der Waals surface area contributed by atoms with Crippen LogP contribution in [0.1, 0.15) is 20.8 Å². The van der Waals surface area contributed by atoms with Crippen molar-refractivity contribution in [3.63, 3.8) is 0 Å². The number of carbonyl (C=O) groups is 2. The molecule has 0 radical (unpaired) electrons. The third kappa shape index (κ3) is 5.79. The Hall–Kier alpha value is -1.61. The van der Waals surface area contributed by atoms with Crippen LogP contribution in [0.25, 0.3) is 0 Å². The summed E-state index contributed by atoms with van der Waals surface area (Å²) in [5, 5.41) is 11.5. The van der Waals surface area contributed by atoms with Crippen LogP contribution in [0.4, 0.5) is 0 Å². The third-order valence-corrected chi connectivity index (χ3v) is 4.76. The van der Waals surface area contributed by atoms with Crippen LogP contribution in [0.2, 0.25) is 0 Å². The maximum Gasteiger partial charge on any atom is 0.275 e. The van der Waals surface area contributed by atoms with E-state index in [-0.39, 0.29) is 17.4 Å². The zero-order valence-corrected chi connectivity index (χ0v) is 15.7. The molecule has 9 heteroatoms. The number of rotatable bonds is 5. The lowest BCUT2D eigenvalue weighted by molar-refractivity contribution is -0.896. The Kier molecular flexibility index (Phi) is 6.22. The Bertz CT molecular complexity index is 575. The standard InChI is InChI=1S/C15H26N6O2S/c1-15(2,3)17-12(22)9-20-5-7-21(8-6-20)13(23)10-24-14-18-16-11-19(14)4/h11H,5-10H2,1-4H3,(H,17,22)/p+1. The summed E-state index contributed by atoms with van der Waals surface area (Å²) in [7, 11) is 1.86. The van der Waals surface area contributed by atoms with Gasteiger partial charge in [0.2, 0.25) is 5.91 Å². The first kappa shape index (κ1) is 18.7. The number of amides is 2. The molecule has 1 aliphatic heterocycles. The van der Waals surface area contributed by atoms with E-state index < -0.39 is 0 Å². The van der Waals surface area contributed by atoms with Crippen molar-refractivity contribution in [3.8, 4) is 0 Å². The van der Waals surface area contributed by atoms with Gasteiger partial charge in [-0.25, -0.2) is 0 Å². The highest BCUT2D eigenvalue weighted by Gasteiger charge is 2.26. The number of hydrogen-bond acceptors (Lipinski definition) is 5. The Morgan fingerprint density at radius 3 is 2.54 bits per heavy atom. The van der Waals surface area contributed by atoms with Crippen molar-refractivity contribution in [1.29, 1.82) is 0 Å². The van der Waals surface area contributed by atoms with Gasteiger partial charge in [0.15, 0.2) is 11.7 Å². The van der Waals surface area contributed by atoms with Gasteiger partial charge in [-0.15, -0.1) is 10.2 Å². The number of hydrogen-bond donors (Lipinski definition) is 2. The van der Waals surface area contributed by atoms with Gasteiger partial charge in [0.25, 0.3) is 5.91 Å². The van der Waals surface area contributed by atoms with Crippen molar-refractivity contribution in [2.75, 3.05) is 38.5 Å². The Labute approximate surface area is 147 Å². The van der Waals surface area contributed by atoms with E-state index in [1.807, 2.05) is 32.7 Å². The molecule has 0 saturated carbocycles. The van der Waals surface area contributed by atoms with Gasteiger partial charge in [-0.2, -0.15) is 0 Å². The molecular weight excluding hydrogens is 328 g/mol. The topological polar surface area (TPSA) is 84.6 Å². The number of thioether (sulfide) groups is 1. The van der Waals surface area contributed by atoms with E-state index in [1.54, 1.807) is 10.9 Å². The molecule has 134 valence electrons. The minimum atomic E-state index is -0.203. The van der Waals surface area contributed by atoms with Crippen LogP contribution in [-0.2, 0) is 16.6 Å². The fourth-order valence-corrected chi connectivity index (χ4v) is 3.35. The predicted octanol–water partition coefficient (Wildman–Crippen LogP) is -1.45. The van der Waals surface area contributed by atoms with Gasteiger partial charge in [-0.05, 0) is 20.8 Å². The number of carbonyl (C=O) groups excluding carboxylic acids is 2. The predicted molar refractivity (Wildman–Crippen MR) is 91.8 cm³/mol. The van der Waals surface area contributed by atoms with Crippen molar-refractivity contribution < 1.29 is 14.5 Å². The molecule has 2 N–H and O–H groups in total. The fraction of sp³-hybridized carbons (Fsp3) is 0.733. The molecule has 0 aromatic carbocycles. The molecule has 1 aromatic heterocycles. The smallest absolute Gasteiger partial charge is 0.275 e. The second-order valence-corrected chi connectivity index (χ2v) is 8.06. The van der Waals surface area contributed by atoms with Crippen LogP contribution in [0, 0.1) is 0 Å². The van der Waals surface area contributed by atoms with E-state index in [4.69, 9.17) is 0 Å². The summed E-state index contributed by atoms with van der Waals surface area (Å²) in [4.78, 5) is 27.4. The molecule has 8 nitrogen and oxygen atoms in total. The van der Waals surface area contributed by atoms with Gasteiger partial charge >= 0.3 is 0 Å². The second kappa shape index (κ2) is 7.98. The van der Waals surface area contributed by atoms with Crippen LogP contribution in [0.15, 0.2) is 11.5 Å². The van der Waals surface area contributed by atoms with E-state index in [1.165, 1.54) is 16.7 Å². The molecule has 2 rings (SSSR count).